The lowest BCUT2D eigenvalue weighted by Gasteiger charge is -2.09. The molecule has 8 heteroatoms. The van der Waals surface area contributed by atoms with Crippen molar-refractivity contribution in [2.24, 2.45) is 0 Å². The highest BCUT2D eigenvalue weighted by Gasteiger charge is 2.25. The van der Waals surface area contributed by atoms with Gasteiger partial charge in [0.05, 0.1) is 0 Å². The maximum absolute atomic E-state index is 13.4. The molecule has 2 rings (SSSR count). The zero-order chi connectivity index (χ0) is 15.2. The highest BCUT2D eigenvalue weighted by Crippen LogP contribution is 2.32. The summed E-state index contributed by atoms with van der Waals surface area (Å²) in [5.41, 5.74) is -2.56. The molecule has 0 saturated carbocycles. The molecule has 2 aromatic rings. The second-order valence-corrected chi connectivity index (χ2v) is 3.70. The van der Waals surface area contributed by atoms with Crippen molar-refractivity contribution in [2.45, 2.75) is 0 Å². The van der Waals surface area contributed by atoms with Crippen LogP contribution >= 0.6 is 0 Å². The summed E-state index contributed by atoms with van der Waals surface area (Å²) in [5, 5.41) is 0. The lowest BCUT2D eigenvalue weighted by molar-refractivity contribution is 0.404. The molecule has 0 fully saturated rings. The van der Waals surface area contributed by atoms with Crippen LogP contribution in [0.2, 0.25) is 0 Å². The average Bonchev–Trinajstić information content (AvgIpc) is 2.42. The number of benzene rings is 2. The fraction of sp³-hybridized carbons (Fsp3) is 0. The van der Waals surface area contributed by atoms with E-state index in [1.165, 1.54) is 0 Å². The van der Waals surface area contributed by atoms with Crippen molar-refractivity contribution in [1.29, 1.82) is 0 Å². The van der Waals surface area contributed by atoms with Crippen LogP contribution in [0.15, 0.2) is 12.1 Å². The van der Waals surface area contributed by atoms with E-state index in [-0.39, 0.29) is 12.1 Å². The molecule has 0 N–H and O–H groups in total. The highest BCUT2D eigenvalue weighted by molar-refractivity contribution is 5.65. The first kappa shape index (κ1) is 14.3. The zero-order valence-electron chi connectivity index (χ0n) is 9.18. The summed E-state index contributed by atoms with van der Waals surface area (Å²) in [7, 11) is 0. The monoisotopic (exact) mass is 298 g/mol. The Labute approximate surface area is 106 Å². The Morgan fingerprint density at radius 2 is 0.700 bits per heavy atom. The predicted octanol–water partition coefficient (Wildman–Crippen LogP) is 4.47. The molecule has 0 nitrogen and oxygen atoms in total. The molecule has 0 heterocycles. The van der Waals surface area contributed by atoms with E-state index in [1.54, 1.807) is 0 Å². The third kappa shape index (κ3) is 2.00. The van der Waals surface area contributed by atoms with Gasteiger partial charge in [-0.05, 0) is 12.1 Å². The summed E-state index contributed by atoms with van der Waals surface area (Å²) in [4.78, 5) is 0. The molecule has 0 saturated heterocycles. The van der Waals surface area contributed by atoms with Crippen LogP contribution in [0.1, 0.15) is 0 Å². The van der Waals surface area contributed by atoms with Crippen LogP contribution in [0.25, 0.3) is 11.1 Å². The molecule has 0 aliphatic carbocycles. The van der Waals surface area contributed by atoms with Crippen LogP contribution in [0, 0.1) is 46.5 Å². The van der Waals surface area contributed by atoms with Gasteiger partial charge in [0.2, 0.25) is 0 Å². The molecule has 0 bridgehead atoms. The molecule has 106 valence electrons. The second kappa shape index (κ2) is 4.77. The fourth-order valence-electron chi connectivity index (χ4n) is 1.54. The van der Waals surface area contributed by atoms with Crippen molar-refractivity contribution >= 4 is 0 Å². The minimum absolute atomic E-state index is 0.00292. The topological polar surface area (TPSA) is 0 Å². The second-order valence-electron chi connectivity index (χ2n) is 3.70. The maximum atomic E-state index is 13.4. The van der Waals surface area contributed by atoms with E-state index in [9.17, 15) is 35.1 Å². The van der Waals surface area contributed by atoms with E-state index in [2.05, 4.69) is 0 Å². The summed E-state index contributed by atoms with van der Waals surface area (Å²) in [6.45, 7) is 0. The van der Waals surface area contributed by atoms with Crippen LogP contribution in [0.3, 0.4) is 0 Å². The zero-order valence-corrected chi connectivity index (χ0v) is 9.18. The summed E-state index contributed by atoms with van der Waals surface area (Å²) >= 11 is 0. The van der Waals surface area contributed by atoms with Crippen molar-refractivity contribution in [3.63, 3.8) is 0 Å². The van der Waals surface area contributed by atoms with Crippen molar-refractivity contribution in [3.05, 3.63) is 58.7 Å². The summed E-state index contributed by atoms with van der Waals surface area (Å²) in [5.74, 6) is -16.8. The molecule has 0 unspecified atom stereocenters. The molecule has 0 aliphatic rings. The Morgan fingerprint density at radius 1 is 0.400 bits per heavy atom. The Hall–Kier alpha value is -2.12. The lowest BCUT2D eigenvalue weighted by atomic mass is 10.0. The first-order valence-electron chi connectivity index (χ1n) is 4.92. The molecule has 0 aromatic heterocycles. The van der Waals surface area contributed by atoms with Gasteiger partial charge in [-0.15, -0.1) is 0 Å². The fourth-order valence-corrected chi connectivity index (χ4v) is 1.54. The number of halogens is 8. The third-order valence-corrected chi connectivity index (χ3v) is 2.50. The molecule has 20 heavy (non-hydrogen) atoms. The Morgan fingerprint density at radius 3 is 1.00 bits per heavy atom. The number of hydrogen-bond donors (Lipinski definition) is 0. The maximum Gasteiger partial charge on any atom is 0.198 e. The van der Waals surface area contributed by atoms with Gasteiger partial charge < -0.3 is 0 Å². The lowest BCUT2D eigenvalue weighted by Crippen LogP contribution is -2.03. The largest absolute Gasteiger partial charge is 0.204 e. The number of rotatable bonds is 1. The van der Waals surface area contributed by atoms with Gasteiger partial charge in [-0.1, -0.05) is 0 Å². The van der Waals surface area contributed by atoms with Gasteiger partial charge in [0.25, 0.3) is 0 Å². The summed E-state index contributed by atoms with van der Waals surface area (Å²) in [6, 6.07) is 0.00584. The van der Waals surface area contributed by atoms with E-state index in [0.29, 0.717) is 0 Å². The average molecular weight is 298 g/mol. The van der Waals surface area contributed by atoms with E-state index in [1.807, 2.05) is 0 Å². The van der Waals surface area contributed by atoms with Gasteiger partial charge in [-0.2, -0.15) is 0 Å². The first-order valence-corrected chi connectivity index (χ1v) is 4.92. The SMILES string of the molecule is Fc1cc(-c2cc(F)c(F)c(F)c2F)c(F)c(F)c1F. The van der Waals surface area contributed by atoms with Gasteiger partial charge in [0.1, 0.15) is 0 Å². The molecule has 0 aliphatic heterocycles. The molecule has 0 spiro atoms. The van der Waals surface area contributed by atoms with Crippen molar-refractivity contribution in [2.75, 3.05) is 0 Å². The molecule has 2 aromatic carbocycles. The Balaban J connectivity index is 2.83. The summed E-state index contributed by atoms with van der Waals surface area (Å²) in [6.07, 6.45) is 0. The highest BCUT2D eigenvalue weighted by atomic mass is 19.2. The normalized spacial score (nSPS) is 11.0. The van der Waals surface area contributed by atoms with Gasteiger partial charge in [0, 0.05) is 11.1 Å². The Kier molecular flexibility index (Phi) is 3.41. The predicted molar refractivity (Wildman–Crippen MR) is 51.5 cm³/mol. The van der Waals surface area contributed by atoms with Crippen LogP contribution < -0.4 is 0 Å². The van der Waals surface area contributed by atoms with E-state index >= 15 is 0 Å². The standard InChI is InChI=1S/C12H2F8/c13-5-1-3(7(15)11(19)9(5)17)4-2-6(14)10(18)12(20)8(4)16/h1-2H. The van der Waals surface area contributed by atoms with Crippen LogP contribution in [0.4, 0.5) is 35.1 Å². The summed E-state index contributed by atoms with van der Waals surface area (Å²) < 4.78 is 104. The van der Waals surface area contributed by atoms with Crippen LogP contribution in [-0.2, 0) is 0 Å². The minimum atomic E-state index is -2.29. The van der Waals surface area contributed by atoms with Crippen molar-refractivity contribution in [1.82, 2.24) is 0 Å². The number of hydrogen-bond acceptors (Lipinski definition) is 0. The van der Waals surface area contributed by atoms with E-state index in [4.69, 9.17) is 0 Å². The van der Waals surface area contributed by atoms with Crippen LogP contribution in [-0.4, -0.2) is 0 Å². The third-order valence-electron chi connectivity index (χ3n) is 2.50. The van der Waals surface area contributed by atoms with E-state index < -0.39 is 57.7 Å². The Bertz CT molecular complexity index is 646. The quantitative estimate of drug-likeness (QED) is 0.414. The van der Waals surface area contributed by atoms with Gasteiger partial charge >= 0.3 is 0 Å². The minimum Gasteiger partial charge on any atom is -0.204 e. The molecule has 0 atom stereocenters. The van der Waals surface area contributed by atoms with Gasteiger partial charge in [0.15, 0.2) is 46.5 Å². The smallest absolute Gasteiger partial charge is 0.198 e. The molecule has 0 radical (unpaired) electrons. The van der Waals surface area contributed by atoms with Gasteiger partial charge in [-0.25, -0.2) is 35.1 Å². The molecular weight excluding hydrogens is 296 g/mol. The molecule has 0 amide bonds. The van der Waals surface area contributed by atoms with Crippen molar-refractivity contribution in [3.8, 4) is 11.1 Å². The van der Waals surface area contributed by atoms with Gasteiger partial charge in [-0.3, -0.25) is 0 Å². The van der Waals surface area contributed by atoms with E-state index in [0.717, 1.165) is 0 Å². The van der Waals surface area contributed by atoms with Crippen molar-refractivity contribution < 1.29 is 35.1 Å². The van der Waals surface area contributed by atoms with Crippen LogP contribution in [0.5, 0.6) is 0 Å². The molecular formula is C12H2F8. The first-order chi connectivity index (χ1) is 9.25.